The van der Waals surface area contributed by atoms with Crippen LogP contribution in [0.3, 0.4) is 0 Å². The molecule has 0 aliphatic heterocycles. The second kappa shape index (κ2) is 6.52. The normalized spacial score (nSPS) is 10.5. The predicted molar refractivity (Wildman–Crippen MR) is 86.9 cm³/mol. The molecule has 1 aromatic heterocycles. The summed E-state index contributed by atoms with van der Waals surface area (Å²) in [6.45, 7) is 0. The van der Waals surface area contributed by atoms with Crippen molar-refractivity contribution < 1.29 is 18.4 Å². The van der Waals surface area contributed by atoms with Gasteiger partial charge in [0.1, 0.15) is 11.6 Å². The lowest BCUT2D eigenvalue weighted by Gasteiger charge is -2.03. The van der Waals surface area contributed by atoms with E-state index in [-0.39, 0.29) is 28.2 Å². The Kier molecular flexibility index (Phi) is 4.25. The van der Waals surface area contributed by atoms with Crippen LogP contribution in [0, 0.1) is 11.6 Å². The van der Waals surface area contributed by atoms with Gasteiger partial charge in [-0.25, -0.2) is 8.78 Å². The summed E-state index contributed by atoms with van der Waals surface area (Å²) in [6, 6.07) is 10.6. The molecular formula is C17H12F2N4O2. The molecule has 0 saturated heterocycles. The highest BCUT2D eigenvalue weighted by atomic mass is 19.1. The molecule has 2 amide bonds. The third-order valence-corrected chi connectivity index (χ3v) is 3.46. The van der Waals surface area contributed by atoms with E-state index in [0.29, 0.717) is 0 Å². The molecule has 1 heterocycles. The number of H-pyrrole nitrogens is 1. The number of hydrogen-bond donors (Lipinski definition) is 3. The van der Waals surface area contributed by atoms with E-state index in [1.807, 2.05) is 0 Å². The monoisotopic (exact) mass is 342 g/mol. The summed E-state index contributed by atoms with van der Waals surface area (Å²) in [7, 11) is 0. The van der Waals surface area contributed by atoms with Gasteiger partial charge < -0.3 is 11.1 Å². The first-order valence-corrected chi connectivity index (χ1v) is 7.16. The van der Waals surface area contributed by atoms with Crippen LogP contribution in [0.5, 0.6) is 0 Å². The minimum atomic E-state index is -0.754. The SMILES string of the molecule is NC(=O)c1cccc(C(=O)Nc2cc(-c3c(F)cccc3F)[nH]n2)c1. The molecular weight excluding hydrogens is 330 g/mol. The summed E-state index contributed by atoms with van der Waals surface area (Å²) in [4.78, 5) is 23.4. The summed E-state index contributed by atoms with van der Waals surface area (Å²) < 4.78 is 27.5. The van der Waals surface area contributed by atoms with E-state index in [0.717, 1.165) is 12.1 Å². The van der Waals surface area contributed by atoms with Gasteiger partial charge in [-0.15, -0.1) is 0 Å². The molecule has 0 bridgehead atoms. The predicted octanol–water partition coefficient (Wildman–Crippen LogP) is 2.71. The number of carbonyl (C=O) groups excluding carboxylic acids is 2. The van der Waals surface area contributed by atoms with E-state index < -0.39 is 23.4 Å². The van der Waals surface area contributed by atoms with E-state index >= 15 is 0 Å². The number of primary amides is 1. The third kappa shape index (κ3) is 3.37. The summed E-state index contributed by atoms with van der Waals surface area (Å²) in [6.07, 6.45) is 0. The minimum Gasteiger partial charge on any atom is -0.366 e. The number of aromatic nitrogens is 2. The van der Waals surface area contributed by atoms with Crippen LogP contribution in [0.25, 0.3) is 11.3 Å². The van der Waals surface area contributed by atoms with Gasteiger partial charge in [-0.3, -0.25) is 14.7 Å². The van der Waals surface area contributed by atoms with Crippen LogP contribution in [0.2, 0.25) is 0 Å². The van der Waals surface area contributed by atoms with E-state index in [1.54, 1.807) is 0 Å². The summed E-state index contributed by atoms with van der Waals surface area (Å²) in [5.74, 6) is -2.64. The first kappa shape index (κ1) is 16.3. The number of hydrogen-bond acceptors (Lipinski definition) is 3. The van der Waals surface area contributed by atoms with Gasteiger partial charge in [-0.2, -0.15) is 5.10 Å². The van der Waals surface area contributed by atoms with E-state index in [2.05, 4.69) is 15.5 Å². The van der Waals surface area contributed by atoms with E-state index in [1.165, 1.54) is 36.4 Å². The minimum absolute atomic E-state index is 0.0760. The highest BCUT2D eigenvalue weighted by molar-refractivity contribution is 6.05. The van der Waals surface area contributed by atoms with E-state index in [9.17, 15) is 18.4 Å². The molecule has 3 rings (SSSR count). The molecule has 2 aromatic carbocycles. The molecule has 0 spiro atoms. The number of aromatic amines is 1. The number of nitrogens with zero attached hydrogens (tertiary/aromatic N) is 1. The summed E-state index contributed by atoms with van der Waals surface area (Å²) >= 11 is 0. The number of carbonyl (C=O) groups is 2. The average Bonchev–Trinajstić information content (AvgIpc) is 3.03. The molecule has 0 fully saturated rings. The van der Waals surface area contributed by atoms with Crippen LogP contribution < -0.4 is 11.1 Å². The van der Waals surface area contributed by atoms with Gasteiger partial charge >= 0.3 is 0 Å². The molecule has 8 heteroatoms. The lowest BCUT2D eigenvalue weighted by Crippen LogP contribution is -2.15. The Morgan fingerprint density at radius 2 is 1.64 bits per heavy atom. The van der Waals surface area contributed by atoms with Gasteiger partial charge in [0, 0.05) is 17.2 Å². The second-order valence-electron chi connectivity index (χ2n) is 5.16. The Bertz CT molecular complexity index is 949. The first-order valence-electron chi connectivity index (χ1n) is 7.16. The fraction of sp³-hybridized carbons (Fsp3) is 0. The summed E-state index contributed by atoms with van der Waals surface area (Å²) in [5.41, 5.74) is 5.36. The van der Waals surface area contributed by atoms with Gasteiger partial charge in [-0.1, -0.05) is 12.1 Å². The van der Waals surface area contributed by atoms with Crippen LogP contribution in [0.15, 0.2) is 48.5 Å². The third-order valence-electron chi connectivity index (χ3n) is 3.46. The Hall–Kier alpha value is -3.55. The van der Waals surface area contributed by atoms with Crippen LogP contribution >= 0.6 is 0 Å². The van der Waals surface area contributed by atoms with Crippen molar-refractivity contribution in [2.24, 2.45) is 5.73 Å². The standard InChI is InChI=1S/C17H12F2N4O2/c18-11-5-2-6-12(19)15(11)13-8-14(23-22-13)21-17(25)10-4-1-3-9(7-10)16(20)24/h1-8H,(H2,20,24)(H2,21,22,23,25). The maximum absolute atomic E-state index is 13.8. The van der Waals surface area contributed by atoms with Crippen molar-refractivity contribution >= 4 is 17.6 Å². The Morgan fingerprint density at radius 3 is 2.32 bits per heavy atom. The Labute approximate surface area is 140 Å². The van der Waals surface area contributed by atoms with Crippen molar-refractivity contribution in [2.45, 2.75) is 0 Å². The fourth-order valence-corrected chi connectivity index (χ4v) is 2.27. The summed E-state index contributed by atoms with van der Waals surface area (Å²) in [5, 5.41) is 8.76. The van der Waals surface area contributed by atoms with Crippen LogP contribution in [-0.4, -0.2) is 22.0 Å². The molecule has 0 radical (unpaired) electrons. The number of benzene rings is 2. The van der Waals surface area contributed by atoms with Crippen LogP contribution in [-0.2, 0) is 0 Å². The zero-order chi connectivity index (χ0) is 18.0. The highest BCUT2D eigenvalue weighted by Crippen LogP contribution is 2.26. The molecule has 0 aliphatic carbocycles. The average molecular weight is 342 g/mol. The number of nitrogens with two attached hydrogens (primary N) is 1. The van der Waals surface area contributed by atoms with Crippen LogP contribution in [0.4, 0.5) is 14.6 Å². The molecule has 3 aromatic rings. The van der Waals surface area contributed by atoms with Gasteiger partial charge in [0.2, 0.25) is 5.91 Å². The molecule has 25 heavy (non-hydrogen) atoms. The highest BCUT2D eigenvalue weighted by Gasteiger charge is 2.15. The maximum atomic E-state index is 13.8. The van der Waals surface area contributed by atoms with Gasteiger partial charge in [0.05, 0.1) is 11.3 Å². The largest absolute Gasteiger partial charge is 0.366 e. The Balaban J connectivity index is 1.83. The topological polar surface area (TPSA) is 101 Å². The fourth-order valence-electron chi connectivity index (χ4n) is 2.27. The number of nitrogens with one attached hydrogen (secondary N) is 2. The number of anilines is 1. The smallest absolute Gasteiger partial charge is 0.256 e. The number of amides is 2. The Morgan fingerprint density at radius 1 is 1.00 bits per heavy atom. The van der Waals surface area contributed by atoms with Crippen molar-refractivity contribution in [3.63, 3.8) is 0 Å². The van der Waals surface area contributed by atoms with Gasteiger partial charge in [-0.05, 0) is 30.3 Å². The number of halogens is 2. The zero-order valence-corrected chi connectivity index (χ0v) is 12.7. The van der Waals surface area contributed by atoms with Crippen molar-refractivity contribution in [3.05, 3.63) is 71.3 Å². The van der Waals surface area contributed by atoms with Gasteiger partial charge in [0.25, 0.3) is 5.91 Å². The van der Waals surface area contributed by atoms with Crippen molar-refractivity contribution in [1.29, 1.82) is 0 Å². The van der Waals surface area contributed by atoms with Crippen molar-refractivity contribution in [1.82, 2.24) is 10.2 Å². The molecule has 0 atom stereocenters. The molecule has 126 valence electrons. The zero-order valence-electron chi connectivity index (χ0n) is 12.7. The quantitative estimate of drug-likeness (QED) is 0.679. The maximum Gasteiger partial charge on any atom is 0.256 e. The van der Waals surface area contributed by atoms with Crippen molar-refractivity contribution in [2.75, 3.05) is 5.32 Å². The molecule has 0 saturated carbocycles. The second-order valence-corrected chi connectivity index (χ2v) is 5.16. The van der Waals surface area contributed by atoms with Crippen molar-refractivity contribution in [3.8, 4) is 11.3 Å². The van der Waals surface area contributed by atoms with Crippen LogP contribution in [0.1, 0.15) is 20.7 Å². The lowest BCUT2D eigenvalue weighted by molar-refractivity contribution is 0.1000. The number of rotatable bonds is 4. The van der Waals surface area contributed by atoms with E-state index in [4.69, 9.17) is 5.73 Å². The first-order chi connectivity index (χ1) is 12.0. The lowest BCUT2D eigenvalue weighted by atomic mass is 10.1. The molecule has 4 N–H and O–H groups in total. The molecule has 0 unspecified atom stereocenters. The molecule has 6 nitrogen and oxygen atoms in total. The molecule has 0 aliphatic rings. The van der Waals surface area contributed by atoms with Gasteiger partial charge in [0.15, 0.2) is 5.82 Å².